The Bertz CT molecular complexity index is 1210. The molecule has 142 valence electrons. The second kappa shape index (κ2) is 7.94. The van der Waals surface area contributed by atoms with Crippen LogP contribution in [0.15, 0.2) is 91.0 Å². The van der Waals surface area contributed by atoms with Gasteiger partial charge in [-0.2, -0.15) is 0 Å². The Kier molecular flexibility index (Phi) is 5.03. The minimum absolute atomic E-state index is 0.0863. The number of benzene rings is 4. The summed E-state index contributed by atoms with van der Waals surface area (Å²) in [6.07, 6.45) is 0. The molecule has 4 aromatic carbocycles. The van der Waals surface area contributed by atoms with Crippen molar-refractivity contribution >= 4 is 34.0 Å². The highest BCUT2D eigenvalue weighted by atomic mass is 19.1. The second-order valence-corrected chi connectivity index (χ2v) is 6.46. The summed E-state index contributed by atoms with van der Waals surface area (Å²) in [6.45, 7) is 0. The minimum Gasteiger partial charge on any atom is -0.321 e. The lowest BCUT2D eigenvalue weighted by molar-refractivity contribution is 0.102. The van der Waals surface area contributed by atoms with Crippen molar-refractivity contribution in [1.82, 2.24) is 0 Å². The van der Waals surface area contributed by atoms with E-state index in [1.165, 1.54) is 18.2 Å². The van der Waals surface area contributed by atoms with Gasteiger partial charge in [-0.3, -0.25) is 9.59 Å². The van der Waals surface area contributed by atoms with E-state index in [2.05, 4.69) is 10.6 Å². The third-order valence-electron chi connectivity index (χ3n) is 4.58. The number of fused-ring (bicyclic) bond motifs is 1. The molecule has 0 heterocycles. The third kappa shape index (κ3) is 3.84. The van der Waals surface area contributed by atoms with E-state index < -0.39 is 11.7 Å². The lowest BCUT2D eigenvalue weighted by Crippen LogP contribution is -2.19. The van der Waals surface area contributed by atoms with Crippen LogP contribution in [0, 0.1) is 5.82 Å². The maximum atomic E-state index is 13.9. The summed E-state index contributed by atoms with van der Waals surface area (Å²) in [4.78, 5) is 25.4. The molecule has 0 aliphatic rings. The molecule has 0 saturated heterocycles. The van der Waals surface area contributed by atoms with Gasteiger partial charge in [-0.1, -0.05) is 60.7 Å². The Morgan fingerprint density at radius 1 is 0.586 bits per heavy atom. The molecule has 0 spiro atoms. The van der Waals surface area contributed by atoms with Crippen molar-refractivity contribution < 1.29 is 14.0 Å². The SMILES string of the molecule is O=C(Nc1ccccc1C(=O)Nc1cccc2ccccc12)c1ccccc1F. The van der Waals surface area contributed by atoms with Crippen LogP contribution >= 0.6 is 0 Å². The van der Waals surface area contributed by atoms with E-state index in [1.807, 2.05) is 42.5 Å². The fourth-order valence-corrected chi connectivity index (χ4v) is 3.15. The molecule has 0 bridgehead atoms. The Morgan fingerprint density at radius 3 is 1.97 bits per heavy atom. The zero-order chi connectivity index (χ0) is 20.2. The molecular weight excluding hydrogens is 367 g/mol. The highest BCUT2D eigenvalue weighted by Crippen LogP contribution is 2.25. The molecule has 0 unspecified atom stereocenters. The first kappa shape index (κ1) is 18.4. The van der Waals surface area contributed by atoms with Gasteiger partial charge in [-0.25, -0.2) is 4.39 Å². The zero-order valence-electron chi connectivity index (χ0n) is 15.4. The van der Waals surface area contributed by atoms with Gasteiger partial charge in [0.1, 0.15) is 5.82 Å². The van der Waals surface area contributed by atoms with Crippen molar-refractivity contribution in [3.63, 3.8) is 0 Å². The van der Waals surface area contributed by atoms with Crippen LogP contribution in [0.1, 0.15) is 20.7 Å². The van der Waals surface area contributed by atoms with E-state index in [-0.39, 0.29) is 17.0 Å². The topological polar surface area (TPSA) is 58.2 Å². The van der Waals surface area contributed by atoms with Crippen molar-refractivity contribution in [2.45, 2.75) is 0 Å². The number of anilines is 2. The van der Waals surface area contributed by atoms with Gasteiger partial charge in [0, 0.05) is 11.1 Å². The average Bonchev–Trinajstić information content (AvgIpc) is 2.74. The van der Waals surface area contributed by atoms with E-state index in [0.29, 0.717) is 11.4 Å². The Morgan fingerprint density at radius 2 is 1.14 bits per heavy atom. The first-order chi connectivity index (χ1) is 14.1. The molecule has 2 N–H and O–H groups in total. The molecule has 4 rings (SSSR count). The molecule has 2 amide bonds. The van der Waals surface area contributed by atoms with Crippen LogP contribution in [0.25, 0.3) is 10.8 Å². The molecule has 0 atom stereocenters. The molecule has 29 heavy (non-hydrogen) atoms. The maximum absolute atomic E-state index is 13.9. The molecule has 0 radical (unpaired) electrons. The predicted molar refractivity (Wildman–Crippen MR) is 113 cm³/mol. The van der Waals surface area contributed by atoms with Gasteiger partial charge in [0.25, 0.3) is 11.8 Å². The molecule has 4 aromatic rings. The highest BCUT2D eigenvalue weighted by molar-refractivity contribution is 6.14. The standard InChI is InChI=1S/C24H17FN2O2/c25-20-13-5-3-11-18(20)23(28)27-22-14-6-4-12-19(22)24(29)26-21-15-7-9-16-8-1-2-10-17(16)21/h1-15H,(H,26,29)(H,27,28). The van der Waals surface area contributed by atoms with Gasteiger partial charge in [-0.15, -0.1) is 0 Å². The van der Waals surface area contributed by atoms with E-state index in [0.717, 1.165) is 10.8 Å². The molecule has 0 fully saturated rings. The van der Waals surface area contributed by atoms with Crippen LogP contribution in [0.5, 0.6) is 0 Å². The van der Waals surface area contributed by atoms with Crippen molar-refractivity contribution in [3.05, 3.63) is 108 Å². The van der Waals surface area contributed by atoms with Crippen LogP contribution in [-0.4, -0.2) is 11.8 Å². The molecule has 4 nitrogen and oxygen atoms in total. The molecule has 0 aliphatic carbocycles. The largest absolute Gasteiger partial charge is 0.321 e. The molecular formula is C24H17FN2O2. The lowest BCUT2D eigenvalue weighted by atomic mass is 10.1. The molecule has 5 heteroatoms. The van der Waals surface area contributed by atoms with Gasteiger partial charge in [0.2, 0.25) is 0 Å². The van der Waals surface area contributed by atoms with Crippen molar-refractivity contribution in [2.24, 2.45) is 0 Å². The predicted octanol–water partition coefficient (Wildman–Crippen LogP) is 5.48. The van der Waals surface area contributed by atoms with Crippen LogP contribution in [0.3, 0.4) is 0 Å². The summed E-state index contributed by atoms with van der Waals surface area (Å²) in [5, 5.41) is 7.45. The Balaban J connectivity index is 1.62. The number of para-hydroxylation sites is 1. The van der Waals surface area contributed by atoms with E-state index in [1.54, 1.807) is 30.3 Å². The normalized spacial score (nSPS) is 10.5. The minimum atomic E-state index is -0.623. The number of nitrogens with one attached hydrogen (secondary N) is 2. The zero-order valence-corrected chi connectivity index (χ0v) is 15.4. The summed E-state index contributed by atoms with van der Waals surface area (Å²) in [6, 6.07) is 25.7. The molecule has 0 saturated carbocycles. The Labute approximate surface area is 167 Å². The number of rotatable bonds is 4. The number of hydrogen-bond acceptors (Lipinski definition) is 2. The van der Waals surface area contributed by atoms with E-state index >= 15 is 0 Å². The average molecular weight is 384 g/mol. The van der Waals surface area contributed by atoms with Gasteiger partial charge < -0.3 is 10.6 Å². The van der Waals surface area contributed by atoms with E-state index in [4.69, 9.17) is 0 Å². The lowest BCUT2D eigenvalue weighted by Gasteiger charge is -2.13. The van der Waals surface area contributed by atoms with Gasteiger partial charge in [0.15, 0.2) is 0 Å². The summed E-state index contributed by atoms with van der Waals surface area (Å²) >= 11 is 0. The highest BCUT2D eigenvalue weighted by Gasteiger charge is 2.16. The quantitative estimate of drug-likeness (QED) is 0.489. The van der Waals surface area contributed by atoms with Crippen molar-refractivity contribution in [2.75, 3.05) is 10.6 Å². The van der Waals surface area contributed by atoms with Crippen molar-refractivity contribution in [1.29, 1.82) is 0 Å². The number of carbonyl (C=O) groups excluding carboxylic acids is 2. The fourth-order valence-electron chi connectivity index (χ4n) is 3.15. The van der Waals surface area contributed by atoms with E-state index in [9.17, 15) is 14.0 Å². The van der Waals surface area contributed by atoms with Crippen LogP contribution < -0.4 is 10.6 Å². The first-order valence-corrected chi connectivity index (χ1v) is 9.07. The third-order valence-corrected chi connectivity index (χ3v) is 4.58. The first-order valence-electron chi connectivity index (χ1n) is 9.07. The van der Waals surface area contributed by atoms with Crippen LogP contribution in [0.4, 0.5) is 15.8 Å². The maximum Gasteiger partial charge on any atom is 0.258 e. The summed E-state index contributed by atoms with van der Waals surface area (Å²) < 4.78 is 13.9. The Hall–Kier alpha value is -3.99. The number of amides is 2. The number of hydrogen-bond donors (Lipinski definition) is 2. The summed E-state index contributed by atoms with van der Waals surface area (Å²) in [5.74, 6) is -1.61. The van der Waals surface area contributed by atoms with Crippen molar-refractivity contribution in [3.8, 4) is 0 Å². The van der Waals surface area contributed by atoms with Crippen LogP contribution in [0.2, 0.25) is 0 Å². The summed E-state index contributed by atoms with van der Waals surface area (Å²) in [5.41, 5.74) is 1.17. The monoisotopic (exact) mass is 384 g/mol. The summed E-state index contributed by atoms with van der Waals surface area (Å²) in [7, 11) is 0. The van der Waals surface area contributed by atoms with Gasteiger partial charge >= 0.3 is 0 Å². The molecule has 0 aromatic heterocycles. The van der Waals surface area contributed by atoms with Gasteiger partial charge in [0.05, 0.1) is 16.8 Å². The second-order valence-electron chi connectivity index (χ2n) is 6.46. The van der Waals surface area contributed by atoms with Crippen LogP contribution in [-0.2, 0) is 0 Å². The molecule has 0 aliphatic heterocycles. The number of carbonyl (C=O) groups is 2. The van der Waals surface area contributed by atoms with Gasteiger partial charge in [-0.05, 0) is 35.7 Å². The fraction of sp³-hybridized carbons (Fsp3) is 0. The number of halogens is 1. The smallest absolute Gasteiger partial charge is 0.258 e.